The van der Waals surface area contributed by atoms with Crippen molar-refractivity contribution in [1.29, 1.82) is 0 Å². The Morgan fingerprint density at radius 2 is 2.23 bits per heavy atom. The highest BCUT2D eigenvalue weighted by molar-refractivity contribution is 5.47. The summed E-state index contributed by atoms with van der Waals surface area (Å²) in [5.74, 6) is -0.118. The first-order valence-electron chi connectivity index (χ1n) is 7.55. The number of nitrogens with zero attached hydrogens (tertiary/aromatic N) is 3. The average molecular weight is 303 g/mol. The third-order valence-electron chi connectivity index (χ3n) is 4.09. The largest absolute Gasteiger partial charge is 0.503 e. The maximum atomic E-state index is 10.2. The van der Waals surface area contributed by atoms with Crippen molar-refractivity contribution < 1.29 is 14.9 Å². The molecule has 2 N–H and O–H groups in total. The fraction of sp³-hybridized carbons (Fsp3) is 0.438. The van der Waals surface area contributed by atoms with E-state index >= 15 is 0 Å². The van der Waals surface area contributed by atoms with Crippen LogP contribution in [0.1, 0.15) is 36.6 Å². The van der Waals surface area contributed by atoms with Gasteiger partial charge in [-0.25, -0.2) is 4.98 Å². The second kappa shape index (κ2) is 6.17. The molecule has 22 heavy (non-hydrogen) atoms. The minimum atomic E-state index is -0.120. The van der Waals surface area contributed by atoms with Gasteiger partial charge in [-0.2, -0.15) is 0 Å². The van der Waals surface area contributed by atoms with Gasteiger partial charge in [0.1, 0.15) is 6.10 Å². The maximum absolute atomic E-state index is 10.2. The molecular formula is C16H21N3O3. The first-order valence-corrected chi connectivity index (χ1v) is 7.55. The number of aromatic hydroxyl groups is 2. The molecule has 0 radical (unpaired) electrons. The number of rotatable bonds is 5. The fourth-order valence-electron chi connectivity index (χ4n) is 2.94. The molecule has 1 atom stereocenters. The molecule has 1 unspecified atom stereocenters. The molecule has 2 aromatic heterocycles. The van der Waals surface area contributed by atoms with E-state index < -0.39 is 0 Å². The van der Waals surface area contributed by atoms with E-state index in [-0.39, 0.29) is 17.7 Å². The van der Waals surface area contributed by atoms with Gasteiger partial charge in [0.15, 0.2) is 5.75 Å². The molecule has 6 nitrogen and oxygen atoms in total. The lowest BCUT2D eigenvalue weighted by atomic mass is 10.1. The highest BCUT2D eigenvalue weighted by Crippen LogP contribution is 2.41. The van der Waals surface area contributed by atoms with Crippen molar-refractivity contribution in [2.45, 2.75) is 45.4 Å². The van der Waals surface area contributed by atoms with Crippen LogP contribution in [-0.4, -0.2) is 24.3 Å². The SMILES string of the molecule is Cc1c(O)c(O)n(CCCn2ccnc2)c1C1CCC=CO1. The topological polar surface area (TPSA) is 72.4 Å². The second-order valence-electron chi connectivity index (χ2n) is 5.56. The second-order valence-corrected chi connectivity index (χ2v) is 5.56. The predicted octanol–water partition coefficient (Wildman–Crippen LogP) is 2.86. The lowest BCUT2D eigenvalue weighted by Crippen LogP contribution is -2.13. The van der Waals surface area contributed by atoms with E-state index in [1.165, 1.54) is 0 Å². The van der Waals surface area contributed by atoms with Crippen LogP contribution in [0.5, 0.6) is 11.6 Å². The van der Waals surface area contributed by atoms with E-state index in [9.17, 15) is 10.2 Å². The smallest absolute Gasteiger partial charge is 0.235 e. The van der Waals surface area contributed by atoms with Gasteiger partial charge >= 0.3 is 0 Å². The zero-order valence-corrected chi connectivity index (χ0v) is 12.6. The van der Waals surface area contributed by atoms with Crippen molar-refractivity contribution in [2.24, 2.45) is 0 Å². The van der Waals surface area contributed by atoms with Crippen LogP contribution in [0.3, 0.4) is 0 Å². The van der Waals surface area contributed by atoms with Gasteiger partial charge in [0.2, 0.25) is 5.88 Å². The van der Waals surface area contributed by atoms with E-state index in [1.807, 2.05) is 23.8 Å². The number of hydrogen-bond donors (Lipinski definition) is 2. The number of hydrogen-bond acceptors (Lipinski definition) is 4. The molecular weight excluding hydrogens is 282 g/mol. The van der Waals surface area contributed by atoms with Crippen LogP contribution in [0.2, 0.25) is 0 Å². The first kappa shape index (κ1) is 14.6. The highest BCUT2D eigenvalue weighted by Gasteiger charge is 2.26. The minimum absolute atomic E-state index is 0.0456. The van der Waals surface area contributed by atoms with Gasteiger partial charge in [0, 0.05) is 31.0 Å². The molecule has 1 aliphatic rings. The van der Waals surface area contributed by atoms with Gasteiger partial charge in [-0.3, -0.25) is 0 Å². The molecule has 1 aliphatic heterocycles. The summed E-state index contributed by atoms with van der Waals surface area (Å²) in [6.45, 7) is 3.24. The molecule has 6 heteroatoms. The zero-order chi connectivity index (χ0) is 15.5. The third kappa shape index (κ3) is 2.68. The Morgan fingerprint density at radius 3 is 2.91 bits per heavy atom. The predicted molar refractivity (Wildman–Crippen MR) is 81.5 cm³/mol. The van der Waals surface area contributed by atoms with Crippen molar-refractivity contribution in [3.8, 4) is 11.6 Å². The molecule has 3 rings (SSSR count). The molecule has 0 aliphatic carbocycles. The molecule has 0 fully saturated rings. The van der Waals surface area contributed by atoms with Crippen molar-refractivity contribution in [3.63, 3.8) is 0 Å². The summed E-state index contributed by atoms with van der Waals surface area (Å²) in [7, 11) is 0. The quantitative estimate of drug-likeness (QED) is 0.891. The minimum Gasteiger partial charge on any atom is -0.503 e. The first-order chi connectivity index (χ1) is 10.7. The van der Waals surface area contributed by atoms with Gasteiger partial charge < -0.3 is 24.1 Å². The van der Waals surface area contributed by atoms with E-state index in [2.05, 4.69) is 4.98 Å². The van der Waals surface area contributed by atoms with Gasteiger partial charge in [-0.1, -0.05) is 0 Å². The lowest BCUT2D eigenvalue weighted by molar-refractivity contribution is 0.116. The Morgan fingerprint density at radius 1 is 1.36 bits per heavy atom. The van der Waals surface area contributed by atoms with Crippen LogP contribution < -0.4 is 0 Å². The molecule has 0 spiro atoms. The molecule has 2 aromatic rings. The van der Waals surface area contributed by atoms with E-state index in [0.717, 1.165) is 31.5 Å². The van der Waals surface area contributed by atoms with E-state index in [4.69, 9.17) is 4.74 Å². The summed E-state index contributed by atoms with van der Waals surface area (Å²) < 4.78 is 9.43. The normalized spacial score (nSPS) is 17.6. The summed E-state index contributed by atoms with van der Waals surface area (Å²) in [6.07, 6.45) is 11.6. The van der Waals surface area contributed by atoms with Crippen LogP contribution in [-0.2, 0) is 17.8 Å². The maximum Gasteiger partial charge on any atom is 0.235 e. The van der Waals surface area contributed by atoms with Crippen LogP contribution in [0.15, 0.2) is 31.1 Å². The fourth-order valence-corrected chi connectivity index (χ4v) is 2.94. The Kier molecular flexibility index (Phi) is 4.09. The van der Waals surface area contributed by atoms with Crippen molar-refractivity contribution in [1.82, 2.24) is 14.1 Å². The summed E-state index contributed by atoms with van der Waals surface area (Å²) in [6, 6.07) is 0. The monoisotopic (exact) mass is 303 g/mol. The number of aryl methyl sites for hydroxylation is 1. The summed E-state index contributed by atoms with van der Waals surface area (Å²) >= 11 is 0. The molecule has 0 aromatic carbocycles. The number of ether oxygens (including phenoxy) is 1. The molecule has 0 amide bonds. The Hall–Kier alpha value is -2.37. The molecule has 0 saturated carbocycles. The zero-order valence-electron chi connectivity index (χ0n) is 12.6. The summed E-state index contributed by atoms with van der Waals surface area (Å²) in [5.41, 5.74) is 1.56. The average Bonchev–Trinajstić information content (AvgIpc) is 3.12. The highest BCUT2D eigenvalue weighted by atomic mass is 16.5. The van der Waals surface area contributed by atoms with E-state index in [0.29, 0.717) is 12.1 Å². The van der Waals surface area contributed by atoms with Crippen molar-refractivity contribution in [2.75, 3.05) is 0 Å². The van der Waals surface area contributed by atoms with Gasteiger partial charge in [0.05, 0.1) is 18.3 Å². The van der Waals surface area contributed by atoms with Crippen molar-refractivity contribution >= 4 is 0 Å². The Labute approximate surface area is 129 Å². The van der Waals surface area contributed by atoms with Crippen LogP contribution in [0.25, 0.3) is 0 Å². The third-order valence-corrected chi connectivity index (χ3v) is 4.09. The standard InChI is InChI=1S/C16H21N3O3/c1-12-14(13-5-2-3-10-22-13)19(16(21)15(12)20)8-4-7-18-9-6-17-11-18/h3,6,9-11,13,20-21H,2,4-5,7-8H2,1H3. The number of imidazole rings is 1. The molecule has 0 saturated heterocycles. The Balaban J connectivity index is 1.79. The molecule has 118 valence electrons. The van der Waals surface area contributed by atoms with Gasteiger partial charge in [-0.15, -0.1) is 0 Å². The van der Waals surface area contributed by atoms with Crippen LogP contribution in [0.4, 0.5) is 0 Å². The van der Waals surface area contributed by atoms with Gasteiger partial charge in [0.25, 0.3) is 0 Å². The number of aromatic nitrogens is 3. The van der Waals surface area contributed by atoms with Crippen molar-refractivity contribution in [3.05, 3.63) is 42.3 Å². The van der Waals surface area contributed by atoms with Crippen LogP contribution in [0, 0.1) is 6.92 Å². The van der Waals surface area contributed by atoms with E-state index in [1.54, 1.807) is 23.4 Å². The summed E-state index contributed by atoms with van der Waals surface area (Å²) in [5, 5.41) is 20.3. The number of allylic oxidation sites excluding steroid dienone is 1. The van der Waals surface area contributed by atoms with Crippen LogP contribution >= 0.6 is 0 Å². The molecule has 0 bridgehead atoms. The Bertz CT molecular complexity index is 659. The lowest BCUT2D eigenvalue weighted by Gasteiger charge is -2.22. The molecule has 3 heterocycles. The summed E-state index contributed by atoms with van der Waals surface area (Å²) in [4.78, 5) is 4.01. The van der Waals surface area contributed by atoms with Gasteiger partial charge in [-0.05, 0) is 32.3 Å².